The third-order valence-corrected chi connectivity index (χ3v) is 7.63. The first kappa shape index (κ1) is 19.1. The molecule has 1 aromatic carbocycles. The van der Waals surface area contributed by atoms with Gasteiger partial charge in [-0.25, -0.2) is 13.4 Å². The van der Waals surface area contributed by atoms with Gasteiger partial charge in [0.1, 0.15) is 0 Å². The molecule has 1 aromatic heterocycles. The average Bonchev–Trinajstić information content (AvgIpc) is 3.29. The fourth-order valence-corrected chi connectivity index (χ4v) is 5.64. The van der Waals surface area contributed by atoms with Crippen LogP contribution in [0.25, 0.3) is 0 Å². The second kappa shape index (κ2) is 8.05. The number of imidazole rings is 1. The molecule has 2 fully saturated rings. The maximum absolute atomic E-state index is 12.9. The van der Waals surface area contributed by atoms with Gasteiger partial charge in [0, 0.05) is 50.2 Å². The molecule has 0 atom stereocenters. The van der Waals surface area contributed by atoms with E-state index in [0.717, 1.165) is 32.1 Å². The van der Waals surface area contributed by atoms with Crippen LogP contribution in [0.5, 0.6) is 0 Å². The SMILES string of the molecule is O=C(c1cccc(S(=O)(=O)N2CCCCC2)c1)N1CCC(n2ccnc2)CC1. The van der Waals surface area contributed by atoms with E-state index >= 15 is 0 Å². The molecule has 2 aliphatic rings. The normalized spacial score (nSPS) is 19.6. The van der Waals surface area contributed by atoms with E-state index in [0.29, 0.717) is 37.8 Å². The summed E-state index contributed by atoms with van der Waals surface area (Å²) in [6.45, 7) is 2.43. The van der Waals surface area contributed by atoms with Crippen molar-refractivity contribution in [2.45, 2.75) is 43.0 Å². The lowest BCUT2D eigenvalue weighted by Gasteiger charge is -2.32. The van der Waals surface area contributed by atoms with Gasteiger partial charge in [-0.15, -0.1) is 0 Å². The van der Waals surface area contributed by atoms with E-state index in [2.05, 4.69) is 9.55 Å². The van der Waals surface area contributed by atoms with E-state index in [1.165, 1.54) is 10.4 Å². The summed E-state index contributed by atoms with van der Waals surface area (Å²) in [5, 5.41) is 0. The van der Waals surface area contributed by atoms with Gasteiger partial charge in [-0.2, -0.15) is 4.31 Å². The van der Waals surface area contributed by atoms with Crippen LogP contribution in [0.4, 0.5) is 0 Å². The second-order valence-electron chi connectivity index (χ2n) is 7.53. The Morgan fingerprint density at radius 1 is 1.04 bits per heavy atom. The second-order valence-corrected chi connectivity index (χ2v) is 9.46. The summed E-state index contributed by atoms with van der Waals surface area (Å²) >= 11 is 0. The summed E-state index contributed by atoms with van der Waals surface area (Å²) in [7, 11) is -3.53. The molecule has 3 heterocycles. The molecule has 2 saturated heterocycles. The zero-order chi connectivity index (χ0) is 19.6. The lowest BCUT2D eigenvalue weighted by atomic mass is 10.0. The van der Waals surface area contributed by atoms with Crippen LogP contribution in [0.3, 0.4) is 0 Å². The number of nitrogens with zero attached hydrogens (tertiary/aromatic N) is 4. The van der Waals surface area contributed by atoms with Gasteiger partial charge in [0.2, 0.25) is 10.0 Å². The van der Waals surface area contributed by atoms with Crippen molar-refractivity contribution in [1.29, 1.82) is 0 Å². The molecule has 0 saturated carbocycles. The summed E-state index contributed by atoms with van der Waals surface area (Å²) in [6.07, 6.45) is 10.1. The van der Waals surface area contributed by atoms with Crippen LogP contribution < -0.4 is 0 Å². The molecular weight excluding hydrogens is 376 g/mol. The van der Waals surface area contributed by atoms with Crippen molar-refractivity contribution in [3.05, 3.63) is 48.5 Å². The van der Waals surface area contributed by atoms with Crippen LogP contribution in [0.1, 0.15) is 48.5 Å². The topological polar surface area (TPSA) is 75.5 Å². The van der Waals surface area contributed by atoms with E-state index in [-0.39, 0.29) is 10.8 Å². The van der Waals surface area contributed by atoms with E-state index in [1.807, 2.05) is 17.4 Å². The maximum atomic E-state index is 12.9. The number of rotatable bonds is 4. The van der Waals surface area contributed by atoms with Crippen molar-refractivity contribution in [1.82, 2.24) is 18.8 Å². The third kappa shape index (κ3) is 3.84. The highest BCUT2D eigenvalue weighted by Gasteiger charge is 2.28. The third-order valence-electron chi connectivity index (χ3n) is 5.73. The van der Waals surface area contributed by atoms with Crippen LogP contribution in [0.2, 0.25) is 0 Å². The molecule has 0 bridgehead atoms. The lowest BCUT2D eigenvalue weighted by Crippen LogP contribution is -2.39. The summed E-state index contributed by atoms with van der Waals surface area (Å²) in [6, 6.07) is 6.86. The van der Waals surface area contributed by atoms with Gasteiger partial charge in [0.05, 0.1) is 11.2 Å². The number of likely N-dealkylation sites (tertiary alicyclic amines) is 1. The van der Waals surface area contributed by atoms with E-state index in [9.17, 15) is 13.2 Å². The molecule has 4 rings (SSSR count). The Bertz CT molecular complexity index is 913. The Hall–Kier alpha value is -2.19. The number of amides is 1. The van der Waals surface area contributed by atoms with Gasteiger partial charge in [-0.05, 0) is 43.9 Å². The molecule has 8 heteroatoms. The van der Waals surface area contributed by atoms with Crippen molar-refractivity contribution in [2.75, 3.05) is 26.2 Å². The molecule has 150 valence electrons. The van der Waals surface area contributed by atoms with Gasteiger partial charge in [-0.3, -0.25) is 4.79 Å². The molecule has 2 aliphatic heterocycles. The summed E-state index contributed by atoms with van der Waals surface area (Å²) in [5.41, 5.74) is 0.444. The highest BCUT2D eigenvalue weighted by molar-refractivity contribution is 7.89. The zero-order valence-electron chi connectivity index (χ0n) is 15.9. The minimum Gasteiger partial charge on any atom is -0.338 e. The van der Waals surface area contributed by atoms with Crippen LogP contribution in [-0.4, -0.2) is 59.3 Å². The van der Waals surface area contributed by atoms with Crippen molar-refractivity contribution in [3.8, 4) is 0 Å². The number of hydrogen-bond donors (Lipinski definition) is 0. The number of hydrogen-bond acceptors (Lipinski definition) is 4. The standard InChI is InChI=1S/C20H26N4O3S/c25-20(22-12-7-18(8-13-22)23-14-9-21-16-23)17-5-4-6-19(15-17)28(26,27)24-10-2-1-3-11-24/h4-6,9,14-16,18H,1-3,7-8,10-13H2. The van der Waals surface area contributed by atoms with E-state index < -0.39 is 10.0 Å². The van der Waals surface area contributed by atoms with Gasteiger partial charge in [0.15, 0.2) is 0 Å². The minimum absolute atomic E-state index is 0.0974. The number of piperidine rings is 2. The van der Waals surface area contributed by atoms with Gasteiger partial charge < -0.3 is 9.47 Å². The Labute approximate surface area is 166 Å². The number of benzene rings is 1. The molecule has 0 radical (unpaired) electrons. The number of sulfonamides is 1. The van der Waals surface area contributed by atoms with Crippen molar-refractivity contribution >= 4 is 15.9 Å². The molecule has 28 heavy (non-hydrogen) atoms. The van der Waals surface area contributed by atoms with Crippen molar-refractivity contribution < 1.29 is 13.2 Å². The molecule has 0 unspecified atom stereocenters. The predicted octanol–water partition coefficient (Wildman–Crippen LogP) is 2.54. The van der Waals surface area contributed by atoms with Crippen LogP contribution in [0.15, 0.2) is 47.9 Å². The lowest BCUT2D eigenvalue weighted by molar-refractivity contribution is 0.0694. The van der Waals surface area contributed by atoms with Crippen molar-refractivity contribution in [3.63, 3.8) is 0 Å². The first-order valence-corrected chi connectivity index (χ1v) is 11.4. The zero-order valence-corrected chi connectivity index (χ0v) is 16.7. The fraction of sp³-hybridized carbons (Fsp3) is 0.500. The minimum atomic E-state index is -3.53. The Morgan fingerprint density at radius 2 is 1.79 bits per heavy atom. The Kier molecular flexibility index (Phi) is 5.50. The first-order valence-electron chi connectivity index (χ1n) is 9.92. The van der Waals surface area contributed by atoms with Gasteiger partial charge >= 0.3 is 0 Å². The highest BCUT2D eigenvalue weighted by Crippen LogP contribution is 2.25. The van der Waals surface area contributed by atoms with Crippen LogP contribution >= 0.6 is 0 Å². The Balaban J connectivity index is 1.46. The monoisotopic (exact) mass is 402 g/mol. The smallest absolute Gasteiger partial charge is 0.253 e. The quantitative estimate of drug-likeness (QED) is 0.788. The van der Waals surface area contributed by atoms with Crippen LogP contribution in [-0.2, 0) is 10.0 Å². The highest BCUT2D eigenvalue weighted by atomic mass is 32.2. The molecule has 0 N–H and O–H groups in total. The van der Waals surface area contributed by atoms with Gasteiger partial charge in [-0.1, -0.05) is 12.5 Å². The van der Waals surface area contributed by atoms with Crippen molar-refractivity contribution in [2.24, 2.45) is 0 Å². The number of carbonyl (C=O) groups is 1. The van der Waals surface area contributed by atoms with Gasteiger partial charge in [0.25, 0.3) is 5.91 Å². The molecule has 0 aliphatic carbocycles. The summed E-state index contributed by atoms with van der Waals surface area (Å²) in [5.74, 6) is -0.0974. The average molecular weight is 403 g/mol. The van der Waals surface area contributed by atoms with E-state index in [1.54, 1.807) is 24.4 Å². The predicted molar refractivity (Wildman–Crippen MR) is 105 cm³/mol. The summed E-state index contributed by atoms with van der Waals surface area (Å²) < 4.78 is 29.4. The molecule has 7 nitrogen and oxygen atoms in total. The molecule has 1 amide bonds. The Morgan fingerprint density at radius 3 is 2.46 bits per heavy atom. The van der Waals surface area contributed by atoms with Crippen LogP contribution in [0, 0.1) is 0 Å². The van der Waals surface area contributed by atoms with E-state index in [4.69, 9.17) is 0 Å². The largest absolute Gasteiger partial charge is 0.338 e. The molecule has 0 spiro atoms. The number of carbonyl (C=O) groups excluding carboxylic acids is 1. The number of aromatic nitrogens is 2. The molecular formula is C20H26N4O3S. The maximum Gasteiger partial charge on any atom is 0.253 e. The fourth-order valence-electron chi connectivity index (χ4n) is 4.08. The summed E-state index contributed by atoms with van der Waals surface area (Å²) in [4.78, 5) is 19.1. The first-order chi connectivity index (χ1) is 13.6. The molecule has 2 aromatic rings.